The molecule has 226 valence electrons. The summed E-state index contributed by atoms with van der Waals surface area (Å²) in [6, 6.07) is 12.7. The van der Waals surface area contributed by atoms with E-state index in [1.165, 1.54) is 37.3 Å². The topological polar surface area (TPSA) is 85.3 Å². The van der Waals surface area contributed by atoms with Crippen LogP contribution in [-0.2, 0) is 25.5 Å². The first-order chi connectivity index (χ1) is 19.1. The number of ether oxygens (including phenoxy) is 3. The number of benzene rings is 2. The standard InChI is InChI=1S/C20H26O3.C12H16ClNO3.ClH/c1-12(21)23-19-8-7-18-17-5-3-13-11-14(22)4-6-15(13)16(17)9-10-20(18,19)2;1-14(2)7-8-16-12(15)9-17-11-5-3-10(13)4-6-11;/h4,6,11,16-19,22H,3,5,7-10H2,1-2H3;3-6H,7-9H2,1-2H3;1H. The first kappa shape index (κ1) is 33.0. The van der Waals surface area contributed by atoms with Crippen molar-refractivity contribution in [3.05, 3.63) is 58.6 Å². The van der Waals surface area contributed by atoms with Gasteiger partial charge in [0, 0.05) is 23.9 Å². The lowest BCUT2D eigenvalue weighted by Crippen LogP contribution is -2.45. The largest absolute Gasteiger partial charge is 0.508 e. The van der Waals surface area contributed by atoms with Crippen LogP contribution in [0.1, 0.15) is 63.0 Å². The van der Waals surface area contributed by atoms with E-state index in [0.29, 0.717) is 47.4 Å². The number of hydrogen-bond donors (Lipinski definition) is 1. The van der Waals surface area contributed by atoms with Gasteiger partial charge in [-0.1, -0.05) is 24.6 Å². The predicted molar refractivity (Wildman–Crippen MR) is 162 cm³/mol. The first-order valence-electron chi connectivity index (χ1n) is 14.2. The number of nitrogens with zero attached hydrogens (tertiary/aromatic N) is 1. The summed E-state index contributed by atoms with van der Waals surface area (Å²) in [4.78, 5) is 24.7. The molecule has 5 rings (SSSR count). The second-order valence-corrected chi connectivity index (χ2v) is 12.2. The third kappa shape index (κ3) is 8.30. The Hall–Kier alpha value is -2.48. The van der Waals surface area contributed by atoms with Crippen LogP contribution >= 0.6 is 24.0 Å². The van der Waals surface area contributed by atoms with E-state index in [1.54, 1.807) is 24.3 Å². The van der Waals surface area contributed by atoms with Crippen LogP contribution in [0.3, 0.4) is 0 Å². The maximum Gasteiger partial charge on any atom is 0.344 e. The molecule has 0 saturated heterocycles. The Morgan fingerprint density at radius 3 is 2.49 bits per heavy atom. The minimum atomic E-state index is -0.373. The monoisotopic (exact) mass is 607 g/mol. The molecular weight excluding hydrogens is 565 g/mol. The summed E-state index contributed by atoms with van der Waals surface area (Å²) in [6.45, 7) is 4.87. The Balaban J connectivity index is 0.000000231. The fourth-order valence-corrected chi connectivity index (χ4v) is 7.10. The minimum Gasteiger partial charge on any atom is -0.508 e. The maximum atomic E-state index is 11.4. The summed E-state index contributed by atoms with van der Waals surface area (Å²) in [6.07, 6.45) is 6.89. The van der Waals surface area contributed by atoms with Crippen molar-refractivity contribution in [2.45, 2.75) is 64.4 Å². The van der Waals surface area contributed by atoms with Crippen LogP contribution in [0.4, 0.5) is 0 Å². The number of likely N-dealkylation sites (N-methyl/N-ethyl adjacent to an activating group) is 1. The molecule has 9 heteroatoms. The minimum absolute atomic E-state index is 0. The SMILES string of the molecule is CC(=O)OC1CCC2C3CCc4cc(O)ccc4C3CCC12C.CN(C)CCOC(=O)COc1ccc(Cl)cc1.Cl. The Labute approximate surface area is 254 Å². The predicted octanol–water partition coefficient (Wildman–Crippen LogP) is 6.43. The van der Waals surface area contributed by atoms with Crippen molar-refractivity contribution >= 4 is 35.9 Å². The summed E-state index contributed by atoms with van der Waals surface area (Å²) >= 11 is 5.72. The van der Waals surface area contributed by atoms with E-state index in [4.69, 9.17) is 25.8 Å². The highest BCUT2D eigenvalue weighted by molar-refractivity contribution is 6.30. The molecule has 41 heavy (non-hydrogen) atoms. The highest BCUT2D eigenvalue weighted by atomic mass is 35.5. The lowest BCUT2D eigenvalue weighted by Gasteiger charge is -2.50. The summed E-state index contributed by atoms with van der Waals surface area (Å²) in [5.74, 6) is 2.45. The maximum absolute atomic E-state index is 11.4. The molecule has 3 aliphatic carbocycles. The first-order valence-corrected chi connectivity index (χ1v) is 14.6. The van der Waals surface area contributed by atoms with Crippen LogP contribution < -0.4 is 4.74 Å². The van der Waals surface area contributed by atoms with E-state index in [9.17, 15) is 14.7 Å². The number of phenols is 1. The second kappa shape index (κ2) is 14.6. The number of phenolic OH excluding ortho intramolecular Hbond substituents is 1. The Kier molecular flexibility index (Phi) is 11.8. The zero-order valence-electron chi connectivity index (χ0n) is 24.4. The van der Waals surface area contributed by atoms with Crippen molar-refractivity contribution in [2.24, 2.45) is 17.3 Å². The van der Waals surface area contributed by atoms with Crippen LogP contribution in [0.25, 0.3) is 0 Å². The average Bonchev–Trinajstić information content (AvgIpc) is 3.23. The molecule has 0 heterocycles. The summed E-state index contributed by atoms with van der Waals surface area (Å²) < 4.78 is 15.9. The van der Waals surface area contributed by atoms with E-state index in [0.717, 1.165) is 19.3 Å². The van der Waals surface area contributed by atoms with Crippen molar-refractivity contribution in [3.63, 3.8) is 0 Å². The van der Waals surface area contributed by atoms with Crippen LogP contribution in [-0.4, -0.2) is 61.9 Å². The number of esters is 2. The van der Waals surface area contributed by atoms with E-state index in [1.807, 2.05) is 31.1 Å². The molecule has 7 nitrogen and oxygen atoms in total. The van der Waals surface area contributed by atoms with Crippen LogP contribution in [0, 0.1) is 17.3 Å². The summed E-state index contributed by atoms with van der Waals surface area (Å²) in [5, 5.41) is 10.4. The van der Waals surface area contributed by atoms with Gasteiger partial charge < -0.3 is 24.2 Å². The second-order valence-electron chi connectivity index (χ2n) is 11.8. The van der Waals surface area contributed by atoms with Crippen LogP contribution in [0.2, 0.25) is 5.02 Å². The molecule has 0 aromatic heterocycles. The molecular formula is C32H43Cl2NO6. The number of rotatable bonds is 7. The zero-order valence-corrected chi connectivity index (χ0v) is 26.0. The van der Waals surface area contributed by atoms with Crippen LogP contribution in [0.15, 0.2) is 42.5 Å². The van der Waals surface area contributed by atoms with Gasteiger partial charge in [-0.05, 0) is 118 Å². The van der Waals surface area contributed by atoms with Crippen molar-refractivity contribution in [1.82, 2.24) is 4.90 Å². The Bertz CT molecular complexity index is 1170. The van der Waals surface area contributed by atoms with Gasteiger partial charge in [0.2, 0.25) is 0 Å². The molecule has 2 aromatic rings. The number of hydrogen-bond acceptors (Lipinski definition) is 7. The van der Waals surface area contributed by atoms with Gasteiger partial charge in [0.25, 0.3) is 0 Å². The molecule has 0 aliphatic heterocycles. The number of aryl methyl sites for hydroxylation is 1. The molecule has 0 bridgehead atoms. The highest BCUT2D eigenvalue weighted by Crippen LogP contribution is 2.61. The van der Waals surface area contributed by atoms with Gasteiger partial charge in [-0.3, -0.25) is 4.79 Å². The molecule has 0 spiro atoms. The number of halogens is 2. The molecule has 3 aliphatic rings. The quantitative estimate of drug-likeness (QED) is 0.363. The van der Waals surface area contributed by atoms with Gasteiger partial charge in [-0.15, -0.1) is 12.4 Å². The van der Waals surface area contributed by atoms with Crippen LogP contribution in [0.5, 0.6) is 11.5 Å². The molecule has 1 N–H and O–H groups in total. The Morgan fingerprint density at radius 1 is 1.07 bits per heavy atom. The van der Waals surface area contributed by atoms with Gasteiger partial charge >= 0.3 is 11.9 Å². The molecule has 0 amide bonds. The fraction of sp³-hybridized carbons (Fsp3) is 0.562. The summed E-state index contributed by atoms with van der Waals surface area (Å²) in [7, 11) is 3.83. The number of carbonyl (C=O) groups excluding carboxylic acids is 2. The lowest BCUT2D eigenvalue weighted by atomic mass is 9.55. The van der Waals surface area contributed by atoms with Gasteiger partial charge in [0.1, 0.15) is 24.2 Å². The Morgan fingerprint density at radius 2 is 1.80 bits per heavy atom. The third-order valence-electron chi connectivity index (χ3n) is 8.90. The highest BCUT2D eigenvalue weighted by Gasteiger charge is 2.56. The number of fused-ring (bicyclic) bond motifs is 5. The number of aromatic hydroxyl groups is 1. The fourth-order valence-electron chi connectivity index (χ4n) is 6.97. The molecule has 5 atom stereocenters. The van der Waals surface area contributed by atoms with Crippen molar-refractivity contribution in [3.8, 4) is 11.5 Å². The molecule has 0 radical (unpaired) electrons. The normalized spacial score (nSPS) is 25.8. The van der Waals surface area contributed by atoms with Gasteiger partial charge in [0.05, 0.1) is 0 Å². The van der Waals surface area contributed by atoms with Gasteiger partial charge in [-0.25, -0.2) is 4.79 Å². The van der Waals surface area contributed by atoms with Gasteiger partial charge in [-0.2, -0.15) is 0 Å². The molecule has 2 saturated carbocycles. The molecule has 2 fully saturated rings. The molecule has 2 aromatic carbocycles. The van der Waals surface area contributed by atoms with E-state index >= 15 is 0 Å². The van der Waals surface area contributed by atoms with Crippen molar-refractivity contribution < 1.29 is 28.9 Å². The van der Waals surface area contributed by atoms with Crippen molar-refractivity contribution in [1.29, 1.82) is 0 Å². The van der Waals surface area contributed by atoms with Gasteiger partial charge in [0.15, 0.2) is 6.61 Å². The van der Waals surface area contributed by atoms with E-state index in [2.05, 4.69) is 13.0 Å². The summed E-state index contributed by atoms with van der Waals surface area (Å²) in [5.41, 5.74) is 2.95. The average molecular weight is 609 g/mol. The zero-order chi connectivity index (χ0) is 28.9. The molecule has 5 unspecified atom stereocenters. The number of carbonyl (C=O) groups is 2. The lowest BCUT2D eigenvalue weighted by molar-refractivity contribution is -0.154. The third-order valence-corrected chi connectivity index (χ3v) is 9.16. The van der Waals surface area contributed by atoms with Crippen molar-refractivity contribution in [2.75, 3.05) is 33.9 Å². The van der Waals surface area contributed by atoms with E-state index in [-0.39, 0.29) is 42.5 Å². The smallest absolute Gasteiger partial charge is 0.344 e. The van der Waals surface area contributed by atoms with E-state index < -0.39 is 0 Å².